The summed E-state index contributed by atoms with van der Waals surface area (Å²) < 4.78 is 41.9. The lowest BCUT2D eigenvalue weighted by Gasteiger charge is -2.23. The molecule has 0 saturated carbocycles. The Morgan fingerprint density at radius 3 is 2.68 bits per heavy atom. The lowest BCUT2D eigenvalue weighted by molar-refractivity contribution is -0.130. The summed E-state index contributed by atoms with van der Waals surface area (Å²) in [6, 6.07) is 12.9. The summed E-state index contributed by atoms with van der Waals surface area (Å²) in [5.41, 5.74) is 1.26. The molecule has 0 unspecified atom stereocenters. The predicted molar refractivity (Wildman–Crippen MR) is 103 cm³/mol. The molecule has 2 aromatic carbocycles. The van der Waals surface area contributed by atoms with E-state index in [9.17, 15) is 17.6 Å². The van der Waals surface area contributed by atoms with Crippen LogP contribution in [0, 0.1) is 5.82 Å². The molecule has 6 nitrogen and oxygen atoms in total. The molecule has 0 N–H and O–H groups in total. The molecule has 0 bridgehead atoms. The molecule has 0 aromatic heterocycles. The molecular weight excluding hydrogens is 381 g/mol. The van der Waals surface area contributed by atoms with E-state index in [1.807, 2.05) is 4.90 Å². The SMILES string of the molecule is O=C(Cc1cccc(F)c1)N1CCCN(C2=NS(=O)(=O)c3ccccc32)CC1. The number of hydrogen-bond donors (Lipinski definition) is 0. The highest BCUT2D eigenvalue weighted by molar-refractivity contribution is 7.90. The van der Waals surface area contributed by atoms with Crippen molar-refractivity contribution in [1.29, 1.82) is 0 Å². The fraction of sp³-hybridized carbons (Fsp3) is 0.300. The van der Waals surface area contributed by atoms with Crippen molar-refractivity contribution in [2.45, 2.75) is 17.7 Å². The first-order valence-corrected chi connectivity index (χ1v) is 10.6. The Balaban J connectivity index is 1.47. The van der Waals surface area contributed by atoms with E-state index in [0.717, 1.165) is 0 Å². The number of hydrogen-bond acceptors (Lipinski definition) is 4. The van der Waals surface area contributed by atoms with Crippen LogP contribution in [0.2, 0.25) is 0 Å². The maximum atomic E-state index is 13.3. The van der Waals surface area contributed by atoms with Gasteiger partial charge in [0.15, 0.2) is 5.84 Å². The number of rotatable bonds is 2. The molecule has 0 aliphatic carbocycles. The van der Waals surface area contributed by atoms with E-state index in [4.69, 9.17) is 0 Å². The van der Waals surface area contributed by atoms with E-state index in [-0.39, 0.29) is 23.0 Å². The molecule has 2 heterocycles. The molecule has 0 spiro atoms. The molecule has 1 amide bonds. The van der Waals surface area contributed by atoms with Crippen LogP contribution in [0.15, 0.2) is 57.8 Å². The number of amides is 1. The number of nitrogens with zero attached hydrogens (tertiary/aromatic N) is 3. The normalized spacial score (nSPS) is 18.4. The van der Waals surface area contributed by atoms with E-state index in [1.54, 1.807) is 41.3 Å². The summed E-state index contributed by atoms with van der Waals surface area (Å²) in [6.45, 7) is 2.16. The monoisotopic (exact) mass is 401 g/mol. The van der Waals surface area contributed by atoms with Gasteiger partial charge in [-0.2, -0.15) is 8.42 Å². The third-order valence-corrected chi connectivity index (χ3v) is 6.33. The minimum absolute atomic E-state index is 0.0613. The Bertz CT molecular complexity index is 1050. The number of carbonyl (C=O) groups is 1. The van der Waals surface area contributed by atoms with Crippen molar-refractivity contribution in [2.75, 3.05) is 26.2 Å². The van der Waals surface area contributed by atoms with Crippen molar-refractivity contribution in [1.82, 2.24) is 9.80 Å². The van der Waals surface area contributed by atoms with Gasteiger partial charge in [-0.25, -0.2) is 4.39 Å². The number of halogens is 1. The van der Waals surface area contributed by atoms with E-state index in [0.29, 0.717) is 49.6 Å². The van der Waals surface area contributed by atoms with Crippen molar-refractivity contribution in [3.8, 4) is 0 Å². The minimum Gasteiger partial charge on any atom is -0.354 e. The first-order chi connectivity index (χ1) is 13.4. The molecule has 0 radical (unpaired) electrons. The van der Waals surface area contributed by atoms with Crippen LogP contribution in [-0.2, 0) is 21.2 Å². The molecule has 1 saturated heterocycles. The Morgan fingerprint density at radius 2 is 1.86 bits per heavy atom. The molecular formula is C20H20FN3O3S. The summed E-state index contributed by atoms with van der Waals surface area (Å²) in [5, 5.41) is 0. The van der Waals surface area contributed by atoms with Gasteiger partial charge in [0.25, 0.3) is 10.0 Å². The Hall–Kier alpha value is -2.74. The van der Waals surface area contributed by atoms with Crippen LogP contribution in [-0.4, -0.2) is 56.1 Å². The highest BCUT2D eigenvalue weighted by Crippen LogP contribution is 2.27. The van der Waals surface area contributed by atoms with Gasteiger partial charge in [0.05, 0.1) is 6.42 Å². The van der Waals surface area contributed by atoms with Crippen LogP contribution in [0.5, 0.6) is 0 Å². The highest BCUT2D eigenvalue weighted by Gasteiger charge is 2.32. The van der Waals surface area contributed by atoms with Gasteiger partial charge in [-0.05, 0) is 36.2 Å². The Labute approximate surface area is 163 Å². The second kappa shape index (κ2) is 7.35. The second-order valence-electron chi connectivity index (χ2n) is 6.91. The van der Waals surface area contributed by atoms with E-state index < -0.39 is 10.0 Å². The summed E-state index contributed by atoms with van der Waals surface area (Å²) in [6.07, 6.45) is 0.853. The van der Waals surface area contributed by atoms with Crippen molar-refractivity contribution in [3.63, 3.8) is 0 Å². The van der Waals surface area contributed by atoms with Crippen LogP contribution >= 0.6 is 0 Å². The van der Waals surface area contributed by atoms with Crippen molar-refractivity contribution < 1.29 is 17.6 Å². The van der Waals surface area contributed by atoms with E-state index in [2.05, 4.69) is 4.40 Å². The van der Waals surface area contributed by atoms with Gasteiger partial charge in [0.1, 0.15) is 10.7 Å². The van der Waals surface area contributed by atoms with Gasteiger partial charge in [0.2, 0.25) is 5.91 Å². The first-order valence-electron chi connectivity index (χ1n) is 9.15. The fourth-order valence-electron chi connectivity index (χ4n) is 3.63. The first kappa shape index (κ1) is 18.6. The zero-order valence-corrected chi connectivity index (χ0v) is 16.0. The average Bonchev–Trinajstić information content (AvgIpc) is 2.82. The standard InChI is InChI=1S/C20H20FN3O3S/c21-16-6-3-5-15(13-16)14-19(25)23-9-4-10-24(12-11-23)20-17-7-1-2-8-18(17)28(26,27)22-20/h1-3,5-8,13H,4,9-12,14H2. The van der Waals surface area contributed by atoms with Crippen molar-refractivity contribution in [3.05, 3.63) is 65.5 Å². The van der Waals surface area contributed by atoms with Crippen LogP contribution < -0.4 is 0 Å². The van der Waals surface area contributed by atoms with Gasteiger partial charge < -0.3 is 9.80 Å². The van der Waals surface area contributed by atoms with Gasteiger partial charge in [-0.1, -0.05) is 24.3 Å². The molecule has 1 fully saturated rings. The summed E-state index contributed by atoms with van der Waals surface area (Å²) in [7, 11) is -3.66. The second-order valence-corrected chi connectivity index (χ2v) is 8.49. The summed E-state index contributed by atoms with van der Waals surface area (Å²) >= 11 is 0. The van der Waals surface area contributed by atoms with Crippen LogP contribution in [0.1, 0.15) is 17.5 Å². The molecule has 2 aliphatic heterocycles. The third kappa shape index (κ3) is 3.64. The number of sulfonamides is 1. The molecule has 28 heavy (non-hydrogen) atoms. The van der Waals surface area contributed by atoms with E-state index in [1.165, 1.54) is 12.1 Å². The quantitative estimate of drug-likeness (QED) is 0.772. The maximum absolute atomic E-state index is 13.3. The van der Waals surface area contributed by atoms with Gasteiger partial charge >= 0.3 is 0 Å². The highest BCUT2D eigenvalue weighted by atomic mass is 32.2. The molecule has 2 aliphatic rings. The largest absolute Gasteiger partial charge is 0.354 e. The summed E-state index contributed by atoms with van der Waals surface area (Å²) in [4.78, 5) is 16.5. The number of carbonyl (C=O) groups excluding carboxylic acids is 1. The molecule has 2 aromatic rings. The summed E-state index contributed by atoms with van der Waals surface area (Å²) in [5.74, 6) is 0.0373. The lowest BCUT2D eigenvalue weighted by atomic mass is 10.1. The Kier molecular flexibility index (Phi) is 4.89. The van der Waals surface area contributed by atoms with Crippen LogP contribution in [0.25, 0.3) is 0 Å². The number of benzene rings is 2. The smallest absolute Gasteiger partial charge is 0.285 e. The molecule has 4 rings (SSSR count). The zero-order chi connectivity index (χ0) is 19.7. The maximum Gasteiger partial charge on any atom is 0.285 e. The van der Waals surface area contributed by atoms with Gasteiger partial charge in [-0.15, -0.1) is 4.40 Å². The molecule has 0 atom stereocenters. The number of amidine groups is 1. The topological polar surface area (TPSA) is 70.1 Å². The number of fused-ring (bicyclic) bond motifs is 1. The van der Waals surface area contributed by atoms with Crippen molar-refractivity contribution in [2.24, 2.45) is 4.40 Å². The van der Waals surface area contributed by atoms with E-state index >= 15 is 0 Å². The average molecular weight is 401 g/mol. The molecule has 146 valence electrons. The third-order valence-electron chi connectivity index (χ3n) is 5.01. The van der Waals surface area contributed by atoms with Gasteiger partial charge in [-0.3, -0.25) is 4.79 Å². The van der Waals surface area contributed by atoms with Gasteiger partial charge in [0, 0.05) is 31.7 Å². The predicted octanol–water partition coefficient (Wildman–Crippen LogP) is 2.05. The lowest BCUT2D eigenvalue weighted by Crippen LogP contribution is -2.38. The molecule has 8 heteroatoms. The fourth-order valence-corrected chi connectivity index (χ4v) is 4.86. The Morgan fingerprint density at radius 1 is 1.04 bits per heavy atom. The van der Waals surface area contributed by atoms with Crippen LogP contribution in [0.3, 0.4) is 0 Å². The van der Waals surface area contributed by atoms with Crippen molar-refractivity contribution >= 4 is 21.8 Å². The van der Waals surface area contributed by atoms with Crippen LogP contribution in [0.4, 0.5) is 4.39 Å². The minimum atomic E-state index is -3.66. The zero-order valence-electron chi connectivity index (χ0n) is 15.2.